The highest BCUT2D eigenvalue weighted by Crippen LogP contribution is 2.34. The van der Waals surface area contributed by atoms with Crippen LogP contribution in [0.15, 0.2) is 79.4 Å². The van der Waals surface area contributed by atoms with Gasteiger partial charge in [0.05, 0.1) is 34.9 Å². The Morgan fingerprint density at radius 2 is 1.97 bits per heavy atom. The van der Waals surface area contributed by atoms with Crippen molar-refractivity contribution in [1.82, 2.24) is 9.66 Å². The number of methoxy groups -OCH3 is 2. The Hall–Kier alpha value is -3.71. The zero-order valence-electron chi connectivity index (χ0n) is 20.1. The van der Waals surface area contributed by atoms with Crippen LogP contribution in [0, 0.1) is 3.57 Å². The van der Waals surface area contributed by atoms with Crippen LogP contribution in [0.3, 0.4) is 0 Å². The van der Waals surface area contributed by atoms with Crippen molar-refractivity contribution in [2.75, 3.05) is 20.8 Å². The van der Waals surface area contributed by atoms with Gasteiger partial charge in [-0.05, 0) is 76.7 Å². The zero-order chi connectivity index (χ0) is 26.8. The normalized spacial score (nSPS) is 11.4. The van der Waals surface area contributed by atoms with Crippen molar-refractivity contribution in [2.24, 2.45) is 5.10 Å². The van der Waals surface area contributed by atoms with Crippen molar-refractivity contribution in [1.29, 1.82) is 0 Å². The van der Waals surface area contributed by atoms with Crippen LogP contribution in [0.5, 0.6) is 11.5 Å². The van der Waals surface area contributed by atoms with E-state index in [4.69, 9.17) is 18.9 Å². The lowest BCUT2D eigenvalue weighted by Crippen LogP contribution is -2.20. The molecule has 0 amide bonds. The molecule has 0 aliphatic rings. The van der Waals surface area contributed by atoms with Gasteiger partial charge in [-0.2, -0.15) is 9.78 Å². The average Bonchev–Trinajstić information content (AvgIpc) is 3.34. The summed E-state index contributed by atoms with van der Waals surface area (Å²) in [4.78, 5) is 29.7. The monoisotopic (exact) mass is 687 g/mol. The smallest absolute Gasteiger partial charge is 0.343 e. The molecule has 0 saturated carbocycles. The molecule has 192 valence electrons. The van der Waals surface area contributed by atoms with E-state index in [1.165, 1.54) is 25.1 Å². The third-order valence-corrected chi connectivity index (χ3v) is 6.88. The first-order chi connectivity index (χ1) is 18.4. The molecule has 2 aromatic heterocycles. The molecule has 0 radical (unpaired) electrons. The number of aromatic nitrogens is 2. The van der Waals surface area contributed by atoms with Crippen molar-refractivity contribution in [3.63, 3.8) is 0 Å². The van der Waals surface area contributed by atoms with Gasteiger partial charge in [-0.1, -0.05) is 28.1 Å². The molecule has 0 fully saturated rings. The maximum Gasteiger partial charge on any atom is 0.343 e. The highest BCUT2D eigenvalue weighted by atomic mass is 127. The second-order valence-electron chi connectivity index (χ2n) is 8.01. The highest BCUT2D eigenvalue weighted by molar-refractivity contribution is 14.1. The number of para-hydroxylation sites is 1. The summed E-state index contributed by atoms with van der Waals surface area (Å²) in [6.07, 6.45) is 1.52. The minimum atomic E-state index is -0.512. The molecule has 5 rings (SSSR count). The lowest BCUT2D eigenvalue weighted by Gasteiger charge is -2.13. The minimum absolute atomic E-state index is 0.258. The summed E-state index contributed by atoms with van der Waals surface area (Å²) >= 11 is 5.55. The summed E-state index contributed by atoms with van der Waals surface area (Å²) in [5.74, 6) is 0.944. The van der Waals surface area contributed by atoms with Crippen LogP contribution in [0.1, 0.15) is 5.56 Å². The van der Waals surface area contributed by atoms with Gasteiger partial charge in [-0.25, -0.2) is 9.78 Å². The van der Waals surface area contributed by atoms with Gasteiger partial charge in [-0.3, -0.25) is 4.79 Å². The first kappa shape index (κ1) is 25.9. The number of rotatable bonds is 7. The third-order valence-electron chi connectivity index (χ3n) is 5.59. The standard InChI is InChI=1S/C27H19BrIN3O6/c1-35-22-10-15(9-19(29)25(22)37-14-24(33)36-2)13-30-32-26(31-20-6-4-3-5-18(20)27(32)34)23-12-16-11-17(28)7-8-21(16)38-23/h3-13H,14H2,1-2H3. The van der Waals surface area contributed by atoms with Gasteiger partial charge in [0, 0.05) is 9.86 Å². The number of hydrogen-bond donors (Lipinski definition) is 0. The number of furan rings is 1. The molecule has 0 N–H and O–H groups in total. The van der Waals surface area contributed by atoms with E-state index in [1.807, 2.05) is 30.3 Å². The summed E-state index contributed by atoms with van der Waals surface area (Å²) in [5.41, 5.74) is 1.48. The molecule has 0 aliphatic carbocycles. The van der Waals surface area contributed by atoms with Gasteiger partial charge in [0.25, 0.3) is 5.56 Å². The quantitative estimate of drug-likeness (QED) is 0.124. The third kappa shape index (κ3) is 5.16. The number of ether oxygens (including phenoxy) is 3. The van der Waals surface area contributed by atoms with Gasteiger partial charge in [-0.15, -0.1) is 0 Å². The average molecular weight is 688 g/mol. The topological polar surface area (TPSA) is 105 Å². The number of esters is 1. The lowest BCUT2D eigenvalue weighted by atomic mass is 10.2. The van der Waals surface area contributed by atoms with Crippen molar-refractivity contribution in [3.8, 4) is 23.1 Å². The molecule has 0 bridgehead atoms. The summed E-state index contributed by atoms with van der Waals surface area (Å²) in [7, 11) is 2.78. The Bertz CT molecular complexity index is 1780. The Kier molecular flexibility index (Phi) is 7.47. The molecule has 0 aliphatic heterocycles. The molecule has 11 heteroatoms. The van der Waals surface area contributed by atoms with Gasteiger partial charge >= 0.3 is 5.97 Å². The van der Waals surface area contributed by atoms with Gasteiger partial charge in [0.1, 0.15) is 5.58 Å². The molecular weight excluding hydrogens is 669 g/mol. The van der Waals surface area contributed by atoms with Crippen LogP contribution in [0.4, 0.5) is 0 Å². The number of nitrogens with zero attached hydrogens (tertiary/aromatic N) is 3. The molecule has 38 heavy (non-hydrogen) atoms. The van der Waals surface area contributed by atoms with Gasteiger partial charge in [0.2, 0.25) is 5.82 Å². The molecule has 0 spiro atoms. The molecule has 9 nitrogen and oxygen atoms in total. The predicted octanol–water partition coefficient (Wildman–Crippen LogP) is 5.62. The Morgan fingerprint density at radius 1 is 1.16 bits per heavy atom. The van der Waals surface area contributed by atoms with E-state index < -0.39 is 5.97 Å². The van der Waals surface area contributed by atoms with E-state index in [0.29, 0.717) is 42.9 Å². The van der Waals surface area contributed by atoms with E-state index in [9.17, 15) is 9.59 Å². The Labute approximate surface area is 238 Å². The molecule has 0 atom stereocenters. The fraction of sp³-hybridized carbons (Fsp3) is 0.111. The van der Waals surface area contributed by atoms with Crippen molar-refractivity contribution < 1.29 is 23.4 Å². The Morgan fingerprint density at radius 3 is 2.76 bits per heavy atom. The fourth-order valence-corrected chi connectivity index (χ4v) is 4.94. The van der Waals surface area contributed by atoms with E-state index in [1.54, 1.807) is 30.3 Å². The maximum absolute atomic E-state index is 13.5. The number of benzene rings is 3. The second-order valence-corrected chi connectivity index (χ2v) is 10.1. The number of fused-ring (bicyclic) bond motifs is 2. The largest absolute Gasteiger partial charge is 0.493 e. The molecule has 0 saturated heterocycles. The van der Waals surface area contributed by atoms with Gasteiger partial charge < -0.3 is 18.6 Å². The molecule has 0 unspecified atom stereocenters. The van der Waals surface area contributed by atoms with Crippen molar-refractivity contribution in [3.05, 3.63) is 84.6 Å². The number of carbonyl (C=O) groups excluding carboxylic acids is 1. The number of carbonyl (C=O) groups is 1. The van der Waals surface area contributed by atoms with Crippen LogP contribution in [-0.2, 0) is 9.53 Å². The van der Waals surface area contributed by atoms with Crippen molar-refractivity contribution in [2.45, 2.75) is 0 Å². The number of hydrogen-bond acceptors (Lipinski definition) is 8. The van der Waals surface area contributed by atoms with E-state index in [-0.39, 0.29) is 18.0 Å². The first-order valence-electron chi connectivity index (χ1n) is 11.2. The second kappa shape index (κ2) is 11.0. The van der Waals surface area contributed by atoms with Gasteiger partial charge in [0.15, 0.2) is 23.9 Å². The van der Waals surface area contributed by atoms with Crippen LogP contribution >= 0.6 is 38.5 Å². The highest BCUT2D eigenvalue weighted by Gasteiger charge is 2.17. The van der Waals surface area contributed by atoms with E-state index in [0.717, 1.165) is 9.86 Å². The van der Waals surface area contributed by atoms with Crippen LogP contribution in [0.25, 0.3) is 33.5 Å². The summed E-state index contributed by atoms with van der Waals surface area (Å²) in [6, 6.07) is 18.0. The van der Waals surface area contributed by atoms with Crippen LogP contribution in [0.2, 0.25) is 0 Å². The van der Waals surface area contributed by atoms with E-state index >= 15 is 0 Å². The molecule has 2 heterocycles. The molecular formula is C27H19BrIN3O6. The zero-order valence-corrected chi connectivity index (χ0v) is 23.8. The fourth-order valence-electron chi connectivity index (χ4n) is 3.78. The summed E-state index contributed by atoms with van der Waals surface area (Å²) in [6.45, 7) is -0.258. The number of halogens is 2. The first-order valence-corrected chi connectivity index (χ1v) is 13.1. The summed E-state index contributed by atoms with van der Waals surface area (Å²) in [5, 5.41) is 5.78. The maximum atomic E-state index is 13.5. The SMILES string of the molecule is COC(=O)COc1c(I)cc(C=Nn2c(-c3cc4cc(Br)ccc4o3)nc3ccccc3c2=O)cc1OC. The summed E-state index contributed by atoms with van der Waals surface area (Å²) < 4.78 is 24.5. The molecule has 3 aromatic carbocycles. The molecule has 5 aromatic rings. The Balaban J connectivity index is 1.61. The predicted molar refractivity (Wildman–Crippen MR) is 155 cm³/mol. The van der Waals surface area contributed by atoms with Crippen LogP contribution < -0.4 is 15.0 Å². The van der Waals surface area contributed by atoms with Crippen LogP contribution in [-0.4, -0.2) is 42.7 Å². The van der Waals surface area contributed by atoms with E-state index in [2.05, 4.69) is 48.4 Å². The lowest BCUT2D eigenvalue weighted by molar-refractivity contribution is -0.142. The minimum Gasteiger partial charge on any atom is -0.493 e. The van der Waals surface area contributed by atoms with Crippen molar-refractivity contribution >= 4 is 72.6 Å².